The largest absolute Gasteiger partial charge is 0.456 e. The normalized spacial score (nSPS) is 12.2. The van der Waals surface area contributed by atoms with Crippen LogP contribution in [0.2, 0.25) is 0 Å². The van der Waals surface area contributed by atoms with Gasteiger partial charge in [-0.3, -0.25) is 13.7 Å². The molecule has 26 aromatic rings. The lowest BCUT2D eigenvalue weighted by atomic mass is 9.82. The summed E-state index contributed by atoms with van der Waals surface area (Å²) in [5.74, 6) is 5.65. The summed E-state index contributed by atoms with van der Waals surface area (Å²) < 4.78 is 15.2. The van der Waals surface area contributed by atoms with Crippen LogP contribution in [0.15, 0.2) is 441 Å². The van der Waals surface area contributed by atoms with Gasteiger partial charge >= 0.3 is 0 Å². The second-order valence-corrected chi connectivity index (χ2v) is 35.4. The van der Waals surface area contributed by atoms with Gasteiger partial charge in [0.2, 0.25) is 17.8 Å². The number of furan rings is 1. The Balaban J connectivity index is 0.000000108. The molecule has 1 aliphatic carbocycles. The van der Waals surface area contributed by atoms with Crippen LogP contribution in [0.25, 0.3) is 238 Å². The van der Waals surface area contributed by atoms with Gasteiger partial charge in [-0.05, 0) is 153 Å². The van der Waals surface area contributed by atoms with Crippen molar-refractivity contribution in [2.45, 2.75) is 19.3 Å². The van der Waals surface area contributed by atoms with E-state index in [9.17, 15) is 0 Å². The third kappa shape index (κ3) is 13.8. The summed E-state index contributed by atoms with van der Waals surface area (Å²) in [6, 6.07) is 152. The Morgan fingerprint density at radius 3 is 0.896 bits per heavy atom. The van der Waals surface area contributed by atoms with E-state index >= 15 is 0 Å². The Labute approximate surface area is 774 Å². The van der Waals surface area contributed by atoms with Crippen LogP contribution >= 0.6 is 11.3 Å². The molecular weight excluding hydrogens is 1660 g/mol. The van der Waals surface area contributed by atoms with E-state index < -0.39 is 0 Å². The van der Waals surface area contributed by atoms with Crippen LogP contribution in [0, 0.1) is 0 Å². The van der Waals surface area contributed by atoms with Crippen molar-refractivity contribution in [1.82, 2.24) is 58.6 Å². The highest BCUT2D eigenvalue weighted by Gasteiger charge is 2.36. The molecule has 0 saturated carbocycles. The topological polar surface area (TPSA) is 144 Å². The first-order chi connectivity index (χ1) is 66.2. The van der Waals surface area contributed by atoms with Crippen LogP contribution in [-0.4, -0.2) is 58.6 Å². The van der Waals surface area contributed by atoms with E-state index in [-0.39, 0.29) is 5.41 Å². The Kier molecular flexibility index (Phi) is 19.1. The van der Waals surface area contributed by atoms with Crippen molar-refractivity contribution in [2.75, 3.05) is 0 Å². The average Bonchev–Trinajstić information content (AvgIpc) is 1.58. The third-order valence-corrected chi connectivity index (χ3v) is 27.2. The maximum atomic E-state index is 6.08. The Hall–Kier alpha value is -17.6. The molecule has 0 amide bonds. The number of hydrogen-bond acceptors (Lipinski definition) is 11. The van der Waals surface area contributed by atoms with Gasteiger partial charge in [-0.25, -0.2) is 15.0 Å². The molecule has 14 heteroatoms. The Bertz CT molecular complexity index is 8580. The van der Waals surface area contributed by atoms with E-state index in [1.165, 1.54) is 64.7 Å². The molecule has 0 spiro atoms. The van der Waals surface area contributed by atoms with Gasteiger partial charge in [0.05, 0.1) is 33.1 Å². The van der Waals surface area contributed by atoms with Crippen molar-refractivity contribution in [1.29, 1.82) is 0 Å². The van der Waals surface area contributed by atoms with Crippen LogP contribution in [0.3, 0.4) is 0 Å². The van der Waals surface area contributed by atoms with Gasteiger partial charge in [0.1, 0.15) is 11.2 Å². The van der Waals surface area contributed by atoms with Gasteiger partial charge in [0, 0.05) is 102 Å². The minimum absolute atomic E-state index is 0.0103. The van der Waals surface area contributed by atoms with Crippen LogP contribution in [0.1, 0.15) is 25.0 Å². The average molecular weight is 1740 g/mol. The second-order valence-electron chi connectivity index (χ2n) is 34.3. The highest BCUT2D eigenvalue weighted by molar-refractivity contribution is 7.25. The molecule has 8 aromatic heterocycles. The molecule has 0 unspecified atom stereocenters. The number of para-hydroxylation sites is 4. The van der Waals surface area contributed by atoms with Crippen molar-refractivity contribution in [3.63, 3.8) is 0 Å². The number of thiophene rings is 1. The van der Waals surface area contributed by atoms with Crippen molar-refractivity contribution < 1.29 is 4.42 Å². The fraction of sp³-hybridized carbons (Fsp3) is 0.0250. The van der Waals surface area contributed by atoms with E-state index in [0.29, 0.717) is 52.8 Å². The van der Waals surface area contributed by atoms with Crippen LogP contribution in [0.5, 0.6) is 0 Å². The van der Waals surface area contributed by atoms with Crippen molar-refractivity contribution in [3.05, 3.63) is 448 Å². The lowest BCUT2D eigenvalue weighted by Crippen LogP contribution is -2.14. The molecule has 630 valence electrons. The van der Waals surface area contributed by atoms with E-state index in [2.05, 4.69) is 270 Å². The molecule has 0 fully saturated rings. The molecule has 0 atom stereocenters. The van der Waals surface area contributed by atoms with Crippen LogP contribution in [0.4, 0.5) is 0 Å². The summed E-state index contributed by atoms with van der Waals surface area (Å²) in [6.45, 7) is 4.65. The SMILES string of the molecule is CC1(C)c2ccccc2-c2cc(-c3ccc4c(c3)c3ccccc3n4-c3nc(-c4ccccc4)nc(-c4ccccc4)n3)ccc21.c1ccc(-c2nc(-c3ccccc3)nc(-n3c4ccccc4c4cc(-c5ccc6oc7ccccc7c6c5)ccc43)n2)cc1.c1ccc(-c2nc(-c3ccccc3)nc(-n3c4ccccc4c4cc(-c5ccc6sc7ccccc7c6c5)ccc43)n2)cc1. The highest BCUT2D eigenvalue weighted by Crippen LogP contribution is 2.51. The molecule has 0 aliphatic heterocycles. The number of rotatable bonds is 12. The Morgan fingerprint density at radius 1 is 0.194 bits per heavy atom. The number of fused-ring (bicyclic) bond motifs is 18. The predicted molar refractivity (Wildman–Crippen MR) is 549 cm³/mol. The first-order valence-corrected chi connectivity index (χ1v) is 45.8. The number of hydrogen-bond donors (Lipinski definition) is 0. The van der Waals surface area contributed by atoms with Crippen LogP contribution in [-0.2, 0) is 5.41 Å². The molecule has 8 heterocycles. The number of aromatic nitrogens is 12. The van der Waals surface area contributed by atoms with Gasteiger partial charge in [-0.1, -0.05) is 354 Å². The zero-order valence-corrected chi connectivity index (χ0v) is 73.6. The third-order valence-electron chi connectivity index (χ3n) is 26.0. The number of benzene rings is 18. The molecule has 0 saturated heterocycles. The quantitative estimate of drug-likeness (QED) is 0.116. The fourth-order valence-corrected chi connectivity index (χ4v) is 20.6. The maximum absolute atomic E-state index is 6.08. The van der Waals surface area contributed by atoms with Crippen molar-refractivity contribution in [2.24, 2.45) is 0 Å². The molecule has 0 bridgehead atoms. The summed E-state index contributed by atoms with van der Waals surface area (Å²) in [7, 11) is 0. The zero-order valence-electron chi connectivity index (χ0n) is 72.8. The summed E-state index contributed by atoms with van der Waals surface area (Å²) in [6.07, 6.45) is 0. The maximum Gasteiger partial charge on any atom is 0.238 e. The zero-order chi connectivity index (χ0) is 88.9. The molecule has 0 radical (unpaired) electrons. The first kappa shape index (κ1) is 78.6. The van der Waals surface area contributed by atoms with E-state index in [4.69, 9.17) is 49.3 Å². The van der Waals surface area contributed by atoms with Gasteiger partial charge < -0.3 is 4.42 Å². The lowest BCUT2D eigenvalue weighted by molar-refractivity contribution is 0.660. The molecule has 1 aliphatic rings. The second kappa shape index (κ2) is 32.6. The van der Waals surface area contributed by atoms with Crippen molar-refractivity contribution >= 4 is 119 Å². The van der Waals surface area contributed by atoms with E-state index in [1.54, 1.807) is 0 Å². The molecule has 27 rings (SSSR count). The Morgan fingerprint density at radius 2 is 0.478 bits per heavy atom. The molecular formula is C120H78N12OS. The summed E-state index contributed by atoms with van der Waals surface area (Å²) in [5, 5.41) is 11.8. The summed E-state index contributed by atoms with van der Waals surface area (Å²) in [5.41, 5.74) is 26.3. The standard InChI is InChI=1S/C42H30N4.C39H24N4O.C39H24N4S/c1-42(2)35-19-11-9-17-31(35)33-25-29(21-23-36(33)42)30-22-24-38-34(26-30)32-18-10-12-20-37(32)46(38)41-44-39(27-13-5-3-6-14-27)43-40(45-41)28-15-7-4-8-16-28;2*1-3-11-25(12-4-1)37-40-38(26-13-5-2-6-14-26)42-39(41-37)43-33-17-9-7-15-29(33)31-23-27(19-21-34(31)43)28-20-22-36-32(24-28)30-16-8-10-18-35(30)44-36/h3-26H,1-2H3;2*1-24H. The molecule has 18 aromatic carbocycles. The molecule has 134 heavy (non-hydrogen) atoms. The smallest absolute Gasteiger partial charge is 0.238 e. The van der Waals surface area contributed by atoms with Gasteiger partial charge in [-0.2, -0.15) is 29.9 Å². The molecule has 13 nitrogen and oxygen atoms in total. The summed E-state index contributed by atoms with van der Waals surface area (Å²) >= 11 is 1.85. The molecule has 0 N–H and O–H groups in total. The van der Waals surface area contributed by atoms with E-state index in [0.717, 1.165) is 132 Å². The minimum Gasteiger partial charge on any atom is -0.456 e. The van der Waals surface area contributed by atoms with E-state index in [1.807, 2.05) is 205 Å². The lowest BCUT2D eigenvalue weighted by Gasteiger charge is -2.21. The summed E-state index contributed by atoms with van der Waals surface area (Å²) in [4.78, 5) is 45.0. The number of nitrogens with zero attached hydrogens (tertiary/aromatic N) is 12. The highest BCUT2D eigenvalue weighted by atomic mass is 32.1. The van der Waals surface area contributed by atoms with Crippen LogP contribution < -0.4 is 0 Å². The van der Waals surface area contributed by atoms with Crippen molar-refractivity contribution in [3.8, 4) is 131 Å². The fourth-order valence-electron chi connectivity index (χ4n) is 19.5. The minimum atomic E-state index is -0.0103. The predicted octanol–water partition coefficient (Wildman–Crippen LogP) is 30.5. The van der Waals surface area contributed by atoms with Gasteiger partial charge in [0.25, 0.3) is 0 Å². The monoisotopic (exact) mass is 1730 g/mol. The van der Waals surface area contributed by atoms with Gasteiger partial charge in [0.15, 0.2) is 34.9 Å². The van der Waals surface area contributed by atoms with Gasteiger partial charge in [-0.15, -0.1) is 11.3 Å². The first-order valence-electron chi connectivity index (χ1n) is 45.0.